The third-order valence-corrected chi connectivity index (χ3v) is 5.80. The highest BCUT2D eigenvalue weighted by molar-refractivity contribution is 5.90. The summed E-state index contributed by atoms with van der Waals surface area (Å²) in [5.74, 6) is 2.75. The molecule has 9 heteroatoms. The first-order valence-corrected chi connectivity index (χ1v) is 10.6. The number of hydrogen-bond acceptors (Lipinski definition) is 6. The van der Waals surface area contributed by atoms with Crippen LogP contribution in [-0.4, -0.2) is 51.8 Å². The third kappa shape index (κ3) is 3.22. The lowest BCUT2D eigenvalue weighted by molar-refractivity contribution is 0.171. The van der Waals surface area contributed by atoms with Gasteiger partial charge in [0.1, 0.15) is 18.7 Å². The minimum atomic E-state index is -0.152. The van der Waals surface area contributed by atoms with Crippen LogP contribution in [0.5, 0.6) is 11.5 Å². The van der Waals surface area contributed by atoms with Gasteiger partial charge in [-0.2, -0.15) is 0 Å². The average molecular weight is 431 g/mol. The molecule has 0 spiro atoms. The van der Waals surface area contributed by atoms with Gasteiger partial charge in [-0.25, -0.2) is 14.8 Å². The van der Waals surface area contributed by atoms with Crippen LogP contribution in [0.4, 0.5) is 10.5 Å². The maximum atomic E-state index is 13.0. The molecule has 0 aliphatic carbocycles. The lowest BCUT2D eigenvalue weighted by Gasteiger charge is -2.21. The predicted octanol–water partition coefficient (Wildman–Crippen LogP) is 3.94. The van der Waals surface area contributed by atoms with Crippen molar-refractivity contribution in [2.45, 2.75) is 12.5 Å². The molecule has 162 valence electrons. The van der Waals surface area contributed by atoms with Crippen LogP contribution in [0, 0.1) is 0 Å². The maximum Gasteiger partial charge on any atom is 0.321 e. The molecule has 2 amide bonds. The summed E-state index contributed by atoms with van der Waals surface area (Å²) in [4.78, 5) is 24.1. The number of benzene rings is 1. The van der Waals surface area contributed by atoms with Gasteiger partial charge >= 0.3 is 6.03 Å². The standard InChI is InChI=1S/C23H21N5O4/c29-23(25-15-5-6-18-20(13-15)32-12-11-31-18)27-9-7-16(14-27)28-21-17(3-1-8-24-21)26-22(28)19-4-2-10-30-19/h1-6,8,10,13,16H,7,9,11-12,14H2,(H,25,29). The van der Waals surface area contributed by atoms with Gasteiger partial charge in [-0.15, -0.1) is 0 Å². The van der Waals surface area contributed by atoms with Crippen LogP contribution >= 0.6 is 0 Å². The van der Waals surface area contributed by atoms with Crippen LogP contribution in [0.2, 0.25) is 0 Å². The van der Waals surface area contributed by atoms with Gasteiger partial charge < -0.3 is 28.7 Å². The summed E-state index contributed by atoms with van der Waals surface area (Å²) < 4.78 is 18.9. The summed E-state index contributed by atoms with van der Waals surface area (Å²) in [7, 11) is 0. The number of likely N-dealkylation sites (tertiary alicyclic amines) is 1. The fraction of sp³-hybridized carbons (Fsp3) is 0.261. The van der Waals surface area contributed by atoms with E-state index in [4.69, 9.17) is 18.9 Å². The van der Waals surface area contributed by atoms with E-state index in [-0.39, 0.29) is 12.1 Å². The molecule has 0 saturated carbocycles. The Kier molecular flexibility index (Phi) is 4.45. The number of carbonyl (C=O) groups is 1. The Morgan fingerprint density at radius 1 is 1.09 bits per heavy atom. The monoisotopic (exact) mass is 431 g/mol. The number of furan rings is 1. The van der Waals surface area contributed by atoms with E-state index in [0.717, 1.165) is 23.4 Å². The Labute approximate surface area is 183 Å². The maximum absolute atomic E-state index is 13.0. The summed E-state index contributed by atoms with van der Waals surface area (Å²) in [5.41, 5.74) is 2.27. The van der Waals surface area contributed by atoms with Gasteiger partial charge in [-0.1, -0.05) is 0 Å². The summed E-state index contributed by atoms with van der Waals surface area (Å²) in [6.07, 6.45) is 4.19. The van der Waals surface area contributed by atoms with E-state index in [9.17, 15) is 4.79 Å². The molecule has 9 nitrogen and oxygen atoms in total. The number of pyridine rings is 1. The van der Waals surface area contributed by atoms with Crippen LogP contribution in [0.25, 0.3) is 22.7 Å². The molecule has 1 saturated heterocycles. The number of aromatic nitrogens is 3. The summed E-state index contributed by atoms with van der Waals surface area (Å²) >= 11 is 0. The second kappa shape index (κ2) is 7.60. The molecule has 1 fully saturated rings. The fourth-order valence-corrected chi connectivity index (χ4v) is 4.32. The van der Waals surface area contributed by atoms with Gasteiger partial charge in [0.05, 0.1) is 12.3 Å². The Morgan fingerprint density at radius 3 is 2.88 bits per heavy atom. The lowest BCUT2D eigenvalue weighted by Crippen LogP contribution is -2.33. The molecule has 3 aromatic heterocycles. The second-order valence-corrected chi connectivity index (χ2v) is 7.81. The first-order chi connectivity index (χ1) is 15.8. The summed E-state index contributed by atoms with van der Waals surface area (Å²) in [6.45, 7) is 2.21. The molecule has 32 heavy (non-hydrogen) atoms. The molecule has 0 bridgehead atoms. The number of carbonyl (C=O) groups excluding carboxylic acids is 1. The molecule has 1 atom stereocenters. The van der Waals surface area contributed by atoms with Gasteiger partial charge in [-0.3, -0.25) is 0 Å². The molecule has 1 unspecified atom stereocenters. The van der Waals surface area contributed by atoms with E-state index in [0.29, 0.717) is 49.2 Å². The molecule has 1 N–H and O–H groups in total. The molecular formula is C23H21N5O4. The number of anilines is 1. The molecule has 6 rings (SSSR count). The normalized spacial score (nSPS) is 17.6. The van der Waals surface area contributed by atoms with E-state index in [1.54, 1.807) is 18.5 Å². The number of imidazole rings is 1. The highest BCUT2D eigenvalue weighted by Gasteiger charge is 2.31. The van der Waals surface area contributed by atoms with Crippen molar-refractivity contribution in [3.05, 3.63) is 54.9 Å². The Balaban J connectivity index is 1.24. The van der Waals surface area contributed by atoms with Gasteiger partial charge in [0.2, 0.25) is 0 Å². The van der Waals surface area contributed by atoms with Crippen LogP contribution in [-0.2, 0) is 0 Å². The summed E-state index contributed by atoms with van der Waals surface area (Å²) in [5, 5.41) is 2.97. The third-order valence-electron chi connectivity index (χ3n) is 5.80. The Bertz CT molecular complexity index is 1280. The summed E-state index contributed by atoms with van der Waals surface area (Å²) in [6, 6.07) is 12.9. The smallest absolute Gasteiger partial charge is 0.321 e. The Hall–Kier alpha value is -4.01. The number of amides is 2. The molecular weight excluding hydrogens is 410 g/mol. The molecule has 5 heterocycles. The molecule has 2 aliphatic heterocycles. The van der Waals surface area contributed by atoms with Crippen molar-refractivity contribution >= 4 is 22.9 Å². The van der Waals surface area contributed by atoms with Gasteiger partial charge in [0.25, 0.3) is 0 Å². The van der Waals surface area contributed by atoms with E-state index in [2.05, 4.69) is 14.9 Å². The van der Waals surface area contributed by atoms with E-state index in [1.807, 2.05) is 41.3 Å². The van der Waals surface area contributed by atoms with Crippen LogP contribution in [0.15, 0.2) is 59.3 Å². The number of nitrogens with one attached hydrogen (secondary N) is 1. The topological polar surface area (TPSA) is 94.7 Å². The molecule has 1 aromatic carbocycles. The number of fused-ring (bicyclic) bond motifs is 2. The first-order valence-electron chi connectivity index (χ1n) is 10.6. The quantitative estimate of drug-likeness (QED) is 0.528. The van der Waals surface area contributed by atoms with Crippen molar-refractivity contribution in [3.63, 3.8) is 0 Å². The van der Waals surface area contributed by atoms with Crippen molar-refractivity contribution < 1.29 is 18.7 Å². The lowest BCUT2D eigenvalue weighted by atomic mass is 10.2. The number of urea groups is 1. The molecule has 4 aromatic rings. The second-order valence-electron chi connectivity index (χ2n) is 7.81. The minimum Gasteiger partial charge on any atom is -0.486 e. The van der Waals surface area contributed by atoms with Gasteiger partial charge in [0, 0.05) is 31.0 Å². The fourth-order valence-electron chi connectivity index (χ4n) is 4.32. The van der Waals surface area contributed by atoms with Gasteiger partial charge in [0.15, 0.2) is 28.7 Å². The first kappa shape index (κ1) is 18.7. The van der Waals surface area contributed by atoms with Crippen LogP contribution in [0.3, 0.4) is 0 Å². The van der Waals surface area contributed by atoms with E-state index in [1.165, 1.54) is 0 Å². The van der Waals surface area contributed by atoms with Gasteiger partial charge in [-0.05, 0) is 42.8 Å². The van der Waals surface area contributed by atoms with Crippen molar-refractivity contribution in [2.75, 3.05) is 31.6 Å². The number of ether oxygens (including phenoxy) is 2. The van der Waals surface area contributed by atoms with Crippen LogP contribution < -0.4 is 14.8 Å². The largest absolute Gasteiger partial charge is 0.486 e. The Morgan fingerprint density at radius 2 is 2.00 bits per heavy atom. The zero-order chi connectivity index (χ0) is 21.5. The highest BCUT2D eigenvalue weighted by atomic mass is 16.6. The average Bonchev–Trinajstić information content (AvgIpc) is 3.58. The van der Waals surface area contributed by atoms with E-state index < -0.39 is 0 Å². The highest BCUT2D eigenvalue weighted by Crippen LogP contribution is 2.34. The predicted molar refractivity (Wildman–Crippen MR) is 117 cm³/mol. The van der Waals surface area contributed by atoms with E-state index >= 15 is 0 Å². The number of rotatable bonds is 3. The SMILES string of the molecule is O=C(Nc1ccc2c(c1)OCCO2)N1CCC(n2c(-c3ccco3)nc3cccnc32)C1. The molecule has 0 radical (unpaired) electrons. The zero-order valence-corrected chi connectivity index (χ0v) is 17.2. The van der Waals surface area contributed by atoms with Crippen molar-refractivity contribution in [3.8, 4) is 23.1 Å². The van der Waals surface area contributed by atoms with Crippen molar-refractivity contribution in [1.82, 2.24) is 19.4 Å². The minimum absolute atomic E-state index is 0.0426. The van der Waals surface area contributed by atoms with Crippen molar-refractivity contribution in [2.24, 2.45) is 0 Å². The van der Waals surface area contributed by atoms with Crippen LogP contribution in [0.1, 0.15) is 12.5 Å². The van der Waals surface area contributed by atoms with Crippen molar-refractivity contribution in [1.29, 1.82) is 0 Å². The zero-order valence-electron chi connectivity index (χ0n) is 17.2. The molecule has 2 aliphatic rings. The number of nitrogens with zero attached hydrogens (tertiary/aromatic N) is 4. The number of hydrogen-bond donors (Lipinski definition) is 1.